The first-order chi connectivity index (χ1) is 11.9. The second kappa shape index (κ2) is 9.31. The molecular formula is C17H17F3N2O2S. The van der Waals surface area contributed by atoms with Crippen molar-refractivity contribution in [3.05, 3.63) is 54.2 Å². The quantitative estimate of drug-likeness (QED) is 0.565. The highest BCUT2D eigenvalue weighted by molar-refractivity contribution is 7.99. The number of nitrogens with zero attached hydrogens (tertiary/aromatic N) is 1. The first-order valence-electron chi connectivity index (χ1n) is 7.56. The number of thioether (sulfide) groups is 1. The zero-order chi connectivity index (χ0) is 18.1. The second-order valence-electron chi connectivity index (χ2n) is 5.06. The third-order valence-electron chi connectivity index (χ3n) is 3.00. The molecule has 25 heavy (non-hydrogen) atoms. The number of carbonyl (C=O) groups excluding carboxylic acids is 1. The molecule has 0 aliphatic rings. The predicted molar refractivity (Wildman–Crippen MR) is 89.9 cm³/mol. The normalized spacial score (nSPS) is 11.2. The number of alkyl halides is 3. The Hall–Kier alpha value is -2.22. The maximum atomic E-state index is 12.0. The molecule has 134 valence electrons. The van der Waals surface area contributed by atoms with Crippen LogP contribution in [0.15, 0.2) is 53.6 Å². The lowest BCUT2D eigenvalue weighted by molar-refractivity contribution is -0.154. The maximum absolute atomic E-state index is 12.0. The van der Waals surface area contributed by atoms with Crippen LogP contribution in [0.5, 0.6) is 5.88 Å². The molecule has 0 aliphatic heterocycles. The summed E-state index contributed by atoms with van der Waals surface area (Å²) in [5.41, 5.74) is 0.273. The summed E-state index contributed by atoms with van der Waals surface area (Å²) in [7, 11) is 0. The van der Waals surface area contributed by atoms with E-state index in [1.165, 1.54) is 23.2 Å². The van der Waals surface area contributed by atoms with Crippen molar-refractivity contribution < 1.29 is 22.7 Å². The summed E-state index contributed by atoms with van der Waals surface area (Å²) in [6.45, 7) is -0.907. The Labute approximate surface area is 147 Å². The van der Waals surface area contributed by atoms with Gasteiger partial charge in [0.15, 0.2) is 6.61 Å². The number of amides is 1. The van der Waals surface area contributed by atoms with Gasteiger partial charge in [-0.15, -0.1) is 11.8 Å². The predicted octanol–water partition coefficient (Wildman–Crippen LogP) is 3.93. The van der Waals surface area contributed by atoms with Crippen molar-refractivity contribution in [2.45, 2.75) is 17.5 Å². The van der Waals surface area contributed by atoms with Gasteiger partial charge in [0, 0.05) is 23.7 Å². The van der Waals surface area contributed by atoms with Crippen LogP contribution < -0.4 is 10.1 Å². The highest BCUT2D eigenvalue weighted by atomic mass is 32.2. The Morgan fingerprint density at radius 3 is 2.56 bits per heavy atom. The molecule has 1 amide bonds. The number of pyridine rings is 1. The van der Waals surface area contributed by atoms with E-state index in [9.17, 15) is 18.0 Å². The Kier molecular flexibility index (Phi) is 7.12. The molecule has 2 aromatic rings. The smallest absolute Gasteiger partial charge is 0.422 e. The fraction of sp³-hybridized carbons (Fsp3) is 0.294. The molecule has 0 spiro atoms. The summed E-state index contributed by atoms with van der Waals surface area (Å²) in [6.07, 6.45) is -2.43. The number of benzene rings is 1. The number of aromatic nitrogens is 1. The minimum Gasteiger partial charge on any atom is -0.468 e. The molecule has 2 rings (SSSR count). The molecule has 1 aromatic heterocycles. The molecule has 4 nitrogen and oxygen atoms in total. The summed E-state index contributed by atoms with van der Waals surface area (Å²) in [5, 5.41) is 2.75. The van der Waals surface area contributed by atoms with E-state index in [2.05, 4.69) is 15.0 Å². The van der Waals surface area contributed by atoms with E-state index in [1.54, 1.807) is 11.8 Å². The lowest BCUT2D eigenvalue weighted by Crippen LogP contribution is -2.25. The van der Waals surface area contributed by atoms with Crippen LogP contribution in [0.1, 0.15) is 16.8 Å². The standard InChI is InChI=1S/C17H17F3N2O2S/c18-17(19,20)12-24-15-8-7-13(11-22-15)16(23)21-9-4-10-25-14-5-2-1-3-6-14/h1-3,5-8,11H,4,9-10,12H2,(H,21,23). The number of nitrogens with one attached hydrogen (secondary N) is 1. The monoisotopic (exact) mass is 370 g/mol. The lowest BCUT2D eigenvalue weighted by Gasteiger charge is -2.09. The average Bonchev–Trinajstić information content (AvgIpc) is 2.60. The molecule has 0 radical (unpaired) electrons. The van der Waals surface area contributed by atoms with Gasteiger partial charge in [-0.3, -0.25) is 4.79 Å². The van der Waals surface area contributed by atoms with Crippen molar-refractivity contribution in [3.8, 4) is 5.88 Å². The molecule has 0 bridgehead atoms. The average molecular weight is 370 g/mol. The summed E-state index contributed by atoms with van der Waals surface area (Å²) >= 11 is 1.71. The molecule has 1 N–H and O–H groups in total. The van der Waals surface area contributed by atoms with Gasteiger partial charge in [-0.25, -0.2) is 4.98 Å². The molecule has 0 unspecified atom stereocenters. The minimum atomic E-state index is -4.42. The Balaban J connectivity index is 1.68. The van der Waals surface area contributed by atoms with Crippen LogP contribution >= 0.6 is 11.8 Å². The van der Waals surface area contributed by atoms with E-state index in [0.29, 0.717) is 6.54 Å². The molecule has 1 aromatic carbocycles. The number of hydrogen-bond acceptors (Lipinski definition) is 4. The van der Waals surface area contributed by atoms with Gasteiger partial charge in [-0.05, 0) is 30.4 Å². The zero-order valence-electron chi connectivity index (χ0n) is 13.3. The van der Waals surface area contributed by atoms with Gasteiger partial charge < -0.3 is 10.1 Å². The van der Waals surface area contributed by atoms with Gasteiger partial charge in [0.05, 0.1) is 5.56 Å². The van der Waals surface area contributed by atoms with E-state index in [4.69, 9.17) is 0 Å². The zero-order valence-corrected chi connectivity index (χ0v) is 14.1. The van der Waals surface area contributed by atoms with E-state index in [-0.39, 0.29) is 17.4 Å². The van der Waals surface area contributed by atoms with Crippen LogP contribution in [0.4, 0.5) is 13.2 Å². The van der Waals surface area contributed by atoms with Crippen LogP contribution in [-0.2, 0) is 0 Å². The van der Waals surface area contributed by atoms with E-state index in [1.807, 2.05) is 30.3 Å². The summed E-state index contributed by atoms with van der Waals surface area (Å²) in [6, 6.07) is 12.6. The van der Waals surface area contributed by atoms with Crippen molar-refractivity contribution in [2.24, 2.45) is 0 Å². The van der Waals surface area contributed by atoms with Crippen LogP contribution in [0.3, 0.4) is 0 Å². The van der Waals surface area contributed by atoms with E-state index < -0.39 is 12.8 Å². The number of ether oxygens (including phenoxy) is 1. The van der Waals surface area contributed by atoms with E-state index in [0.717, 1.165) is 12.2 Å². The lowest BCUT2D eigenvalue weighted by atomic mass is 10.2. The summed E-state index contributed by atoms with van der Waals surface area (Å²) < 4.78 is 40.6. The molecule has 0 aliphatic carbocycles. The summed E-state index contributed by atoms with van der Waals surface area (Å²) in [4.78, 5) is 16.8. The second-order valence-corrected chi connectivity index (χ2v) is 6.23. The highest BCUT2D eigenvalue weighted by Gasteiger charge is 2.28. The van der Waals surface area contributed by atoms with Crippen molar-refractivity contribution in [3.63, 3.8) is 0 Å². The molecule has 0 atom stereocenters. The third-order valence-corrected chi connectivity index (χ3v) is 4.10. The summed E-state index contributed by atoms with van der Waals surface area (Å²) in [5.74, 6) is 0.375. The molecule has 0 saturated carbocycles. The fourth-order valence-electron chi connectivity index (χ4n) is 1.84. The Morgan fingerprint density at radius 2 is 1.92 bits per heavy atom. The number of halogens is 3. The van der Waals surface area contributed by atoms with Crippen molar-refractivity contribution in [1.82, 2.24) is 10.3 Å². The first kappa shape index (κ1) is 19.1. The van der Waals surface area contributed by atoms with Crippen LogP contribution in [0.2, 0.25) is 0 Å². The molecule has 0 fully saturated rings. The molecular weight excluding hydrogens is 353 g/mol. The molecule has 8 heteroatoms. The van der Waals surface area contributed by atoms with Gasteiger partial charge in [0.1, 0.15) is 0 Å². The van der Waals surface area contributed by atoms with Crippen molar-refractivity contribution in [1.29, 1.82) is 0 Å². The fourth-order valence-corrected chi connectivity index (χ4v) is 2.71. The molecule has 0 saturated heterocycles. The SMILES string of the molecule is O=C(NCCCSc1ccccc1)c1ccc(OCC(F)(F)F)nc1. The highest BCUT2D eigenvalue weighted by Crippen LogP contribution is 2.18. The maximum Gasteiger partial charge on any atom is 0.422 e. The van der Waals surface area contributed by atoms with Gasteiger partial charge in [0.25, 0.3) is 5.91 Å². The minimum absolute atomic E-state index is 0.173. The Morgan fingerprint density at radius 1 is 1.16 bits per heavy atom. The van der Waals surface area contributed by atoms with Gasteiger partial charge >= 0.3 is 6.18 Å². The van der Waals surface area contributed by atoms with Gasteiger partial charge in [0.2, 0.25) is 5.88 Å². The van der Waals surface area contributed by atoms with Crippen LogP contribution in [-0.4, -0.2) is 36.0 Å². The third kappa shape index (κ3) is 7.47. The topological polar surface area (TPSA) is 51.2 Å². The van der Waals surface area contributed by atoms with Crippen LogP contribution in [0.25, 0.3) is 0 Å². The van der Waals surface area contributed by atoms with Crippen LogP contribution in [0, 0.1) is 0 Å². The number of carbonyl (C=O) groups is 1. The Bertz CT molecular complexity index is 664. The molecule has 1 heterocycles. The first-order valence-corrected chi connectivity index (χ1v) is 8.54. The number of hydrogen-bond donors (Lipinski definition) is 1. The van der Waals surface area contributed by atoms with Crippen molar-refractivity contribution in [2.75, 3.05) is 18.9 Å². The van der Waals surface area contributed by atoms with Gasteiger partial charge in [-0.2, -0.15) is 13.2 Å². The largest absolute Gasteiger partial charge is 0.468 e. The van der Waals surface area contributed by atoms with Gasteiger partial charge in [-0.1, -0.05) is 18.2 Å². The van der Waals surface area contributed by atoms with Crippen molar-refractivity contribution >= 4 is 17.7 Å². The number of rotatable bonds is 8. The van der Waals surface area contributed by atoms with E-state index >= 15 is 0 Å².